The van der Waals surface area contributed by atoms with Crippen LogP contribution in [0, 0.1) is 9.39 Å². The fraction of sp³-hybridized carbons (Fsp3) is 0.385. The number of thiol groups is 1. The Kier molecular flexibility index (Phi) is 38.4. The molecule has 9 aromatic carbocycles. The van der Waals surface area contributed by atoms with Crippen LogP contribution < -0.4 is 34.2 Å². The van der Waals surface area contributed by atoms with Gasteiger partial charge in [-0.25, -0.2) is 14.4 Å². The van der Waals surface area contributed by atoms with Crippen LogP contribution in [0.1, 0.15) is 80.0 Å². The summed E-state index contributed by atoms with van der Waals surface area (Å²) in [7, 11) is 10.9. The van der Waals surface area contributed by atoms with Gasteiger partial charge in [0.25, 0.3) is 0 Å². The van der Waals surface area contributed by atoms with Gasteiger partial charge in [0, 0.05) is 167 Å². The van der Waals surface area contributed by atoms with E-state index in [9.17, 15) is 14.0 Å². The van der Waals surface area contributed by atoms with E-state index in [0.29, 0.717) is 17.5 Å². The third-order valence-electron chi connectivity index (χ3n) is 22.9. The van der Waals surface area contributed by atoms with Gasteiger partial charge in [-0.15, -0.1) is 35.3 Å². The van der Waals surface area contributed by atoms with Gasteiger partial charge in [0.15, 0.2) is 0 Å². The second kappa shape index (κ2) is 48.9. The summed E-state index contributed by atoms with van der Waals surface area (Å²) in [5, 5.41) is 6.63. The van der Waals surface area contributed by atoms with E-state index < -0.39 is 18.4 Å². The van der Waals surface area contributed by atoms with Crippen molar-refractivity contribution >= 4 is 195 Å². The molecule has 0 amide bonds. The van der Waals surface area contributed by atoms with Gasteiger partial charge >= 0.3 is 211 Å². The van der Waals surface area contributed by atoms with Crippen molar-refractivity contribution in [3.63, 3.8) is 0 Å². The number of halogens is 4. The predicted molar refractivity (Wildman–Crippen MR) is 539 cm³/mol. The summed E-state index contributed by atoms with van der Waals surface area (Å²) in [6.45, 7) is 29.7. The molecule has 0 radical (unpaired) electrons. The molecule has 0 saturated carbocycles. The number of unbranched alkanes of at least 4 members (excludes halogenated alkanes) is 3. The quantitative estimate of drug-likeness (QED) is 0.0232. The second-order valence-corrected chi connectivity index (χ2v) is 51.9. The first-order chi connectivity index (χ1) is 58.7. The van der Waals surface area contributed by atoms with Crippen LogP contribution in [0.5, 0.6) is 0 Å². The van der Waals surface area contributed by atoms with Crippen molar-refractivity contribution in [1.82, 2.24) is 44.8 Å². The minimum Gasteiger partial charge on any atom is -0.398 e. The molecular formula is C96H120Br2FIN14O2S4Sn. The smallest absolute Gasteiger partial charge is 0.150 e. The number of hydrogen-bond donors (Lipinski definition) is 3. The van der Waals surface area contributed by atoms with Crippen molar-refractivity contribution in [1.29, 1.82) is 0 Å². The number of aromatic nitrogens is 3. The van der Waals surface area contributed by atoms with E-state index in [2.05, 4.69) is 294 Å². The number of nitrogens with one attached hydrogen (secondary N) is 1. The van der Waals surface area contributed by atoms with Gasteiger partial charge in [-0.1, -0.05) is 31.9 Å². The van der Waals surface area contributed by atoms with Crippen LogP contribution >= 0.6 is 101 Å². The zero-order valence-electron chi connectivity index (χ0n) is 71.6. The number of likely N-dealkylation sites (N-methyl/N-ethyl adjacent to an activating group) is 5. The molecule has 5 fully saturated rings. The largest absolute Gasteiger partial charge is 0.398 e. The molecule has 3 N–H and O–H groups in total. The molecule has 642 valence electrons. The number of carbonyl (C=O) groups excluding carboxylic acids is 2. The average molecular weight is 2050 g/mol. The van der Waals surface area contributed by atoms with E-state index in [1.807, 2.05) is 59.9 Å². The Morgan fingerprint density at radius 2 is 0.744 bits per heavy atom. The number of nitrogens with two attached hydrogens (primary N) is 1. The monoisotopic (exact) mass is 2050 g/mol. The summed E-state index contributed by atoms with van der Waals surface area (Å²) in [6.07, 6.45) is 9.78. The van der Waals surface area contributed by atoms with Crippen LogP contribution in [0.15, 0.2) is 208 Å². The molecular weight excluding hydrogens is 1930 g/mol. The van der Waals surface area contributed by atoms with Gasteiger partial charge in [0.05, 0.1) is 20.4 Å². The Hall–Kier alpha value is -6.48. The van der Waals surface area contributed by atoms with E-state index in [1.54, 1.807) is 26.3 Å². The number of nitrogen functional groups attached to an aromatic ring is 1. The predicted octanol–water partition coefficient (Wildman–Crippen LogP) is 21.3. The first-order valence-electron chi connectivity index (χ1n) is 42.7. The van der Waals surface area contributed by atoms with Crippen molar-refractivity contribution in [3.8, 4) is 31.7 Å². The molecule has 121 heavy (non-hydrogen) atoms. The number of fused-ring (bicyclic) bond motifs is 3. The summed E-state index contributed by atoms with van der Waals surface area (Å²) in [5.41, 5.74) is 19.6. The van der Waals surface area contributed by atoms with Gasteiger partial charge < -0.3 is 50.2 Å². The van der Waals surface area contributed by atoms with Gasteiger partial charge in [-0.05, 0) is 209 Å². The standard InChI is InChI=1S/C18H18BrN3S.C18H18IN3S.C18H18N3S.C12H16N2O.C7H5FO.C6H6BrNS.C5H12N2.3C4H9.Sn/c2*1-21-8-10-22(11-9-21)15-5-2-13(3-6-15)18-20-16-7-4-14(19)12-17(16)23-18;1-20-10-12-21(13-11-20)15-8-6-14(7-9-15)18-19-16-4-2-3-5-17(16)22-18;1-13-6-8-14(9-7-13)12-4-2-11(10-15)3-5-12;8-7-3-1-6(5-9)2-4-7;7-4-1-2-5(8)6(9)3-4;1-7-4-2-6-3-5-7;3*1-3-4-2;/h2*2-7,12H,8-11H2,1H3;2,4-9H,10-13H2,1H3;2-5,10H,6-9H2,1H3;1-5H;1-3,9H,8H2;6H,2-5H2,1H3;3*1,3-4H2,2H3;. The Balaban J connectivity index is 0.000000147. The second-order valence-electron chi connectivity index (χ2n) is 32.0. The summed E-state index contributed by atoms with van der Waals surface area (Å²) in [5.74, 6) is -0.319. The number of piperazine rings is 5. The molecule has 0 aliphatic carbocycles. The number of nitrogens with zero attached hydrogens (tertiary/aromatic N) is 12. The molecule has 16 nitrogen and oxygen atoms in total. The number of aldehydes is 2. The van der Waals surface area contributed by atoms with Crippen molar-refractivity contribution in [2.45, 2.75) is 77.5 Å². The zero-order chi connectivity index (χ0) is 85.6. The molecule has 5 saturated heterocycles. The van der Waals surface area contributed by atoms with Crippen molar-refractivity contribution < 1.29 is 14.0 Å². The molecule has 17 rings (SSSR count). The SMILES string of the molecule is CCC[CH2][Sn]([CH2]CCC)([CH2]CCC)[c]1ccc2nc(-c3ccc(N4CCN(C)CC4)cc3)sc2c1.CN1CCN(c2ccc(-c3nc4ccc(Br)cc4s3)cc2)CC1.CN1CCN(c2ccc(-c3nc4ccc(I)cc4s3)cc2)CC1.CN1CCN(c2ccc(C=O)cc2)CC1.CN1CCNCC1.Nc1ccc(Br)cc1S.O=Cc1ccc(F)cc1. The van der Waals surface area contributed by atoms with Gasteiger partial charge in [0.1, 0.15) is 28.4 Å². The van der Waals surface area contributed by atoms with Crippen molar-refractivity contribution in [2.24, 2.45) is 0 Å². The van der Waals surface area contributed by atoms with E-state index in [0.717, 1.165) is 165 Å². The summed E-state index contributed by atoms with van der Waals surface area (Å²) in [6, 6.07) is 65.7. The molecule has 0 bridgehead atoms. The Labute approximate surface area is 770 Å². The van der Waals surface area contributed by atoms with Crippen molar-refractivity contribution in [2.75, 3.05) is 191 Å². The summed E-state index contributed by atoms with van der Waals surface area (Å²) in [4.78, 5) is 57.5. The molecule has 0 spiro atoms. The molecule has 5 aliphatic heterocycles. The number of hydrogen-bond acceptors (Lipinski definition) is 20. The van der Waals surface area contributed by atoms with Gasteiger partial charge in [0.2, 0.25) is 0 Å². The number of benzene rings is 9. The molecule has 8 heterocycles. The first kappa shape index (κ1) is 95.2. The van der Waals surface area contributed by atoms with Gasteiger partial charge in [-0.2, -0.15) is 0 Å². The van der Waals surface area contributed by atoms with E-state index >= 15 is 0 Å². The van der Waals surface area contributed by atoms with E-state index in [-0.39, 0.29) is 5.82 Å². The average Bonchev–Trinajstić information content (AvgIpc) is 1.63. The maximum Gasteiger partial charge on any atom is 0.150 e. The number of anilines is 5. The normalized spacial score (nSPS) is 15.6. The van der Waals surface area contributed by atoms with Crippen LogP contribution in [0.25, 0.3) is 62.4 Å². The van der Waals surface area contributed by atoms with Crippen LogP contribution in [-0.4, -0.2) is 237 Å². The van der Waals surface area contributed by atoms with Crippen molar-refractivity contribution in [3.05, 3.63) is 224 Å². The van der Waals surface area contributed by atoms with Crippen LogP contribution in [0.4, 0.5) is 32.8 Å². The van der Waals surface area contributed by atoms with Crippen LogP contribution in [0.2, 0.25) is 13.3 Å². The first-order valence-corrected chi connectivity index (χ1v) is 55.7. The van der Waals surface area contributed by atoms with Gasteiger partial charge in [-0.3, -0.25) is 9.59 Å². The fourth-order valence-electron chi connectivity index (χ4n) is 15.1. The number of carbonyl (C=O) groups is 2. The molecule has 0 atom stereocenters. The summed E-state index contributed by atoms with van der Waals surface area (Å²) >= 11 is 16.3. The van der Waals surface area contributed by atoms with Crippen LogP contribution in [-0.2, 0) is 0 Å². The third-order valence-corrected chi connectivity index (χ3v) is 43.8. The molecule has 0 unspecified atom stereocenters. The number of thiazole rings is 3. The Bertz CT molecular complexity index is 4970. The van der Waals surface area contributed by atoms with Crippen LogP contribution in [0.3, 0.4) is 0 Å². The maximum absolute atomic E-state index is 12.1. The topological polar surface area (TPSA) is 140 Å². The fourth-order valence-corrected chi connectivity index (χ4v) is 36.3. The zero-order valence-corrected chi connectivity index (χ0v) is 83.1. The third kappa shape index (κ3) is 29.0. The molecule has 3 aromatic heterocycles. The minimum atomic E-state index is -2.41. The Morgan fingerprint density at radius 3 is 1.09 bits per heavy atom. The minimum absolute atomic E-state index is 0.319. The van der Waals surface area contributed by atoms with E-state index in [4.69, 9.17) is 20.7 Å². The Morgan fingerprint density at radius 1 is 0.421 bits per heavy atom. The molecule has 5 aliphatic rings. The molecule has 25 heteroatoms. The molecule has 12 aromatic rings. The summed E-state index contributed by atoms with van der Waals surface area (Å²) < 4.78 is 25.7. The maximum atomic E-state index is 12.1. The number of rotatable bonds is 19. The van der Waals surface area contributed by atoms with E-state index in [1.165, 1.54) is 157 Å².